The number of pyridine rings is 4. The van der Waals surface area contributed by atoms with Gasteiger partial charge in [-0.1, -0.05) is 60.4 Å². The van der Waals surface area contributed by atoms with Crippen molar-refractivity contribution in [3.05, 3.63) is 236 Å². The molecule has 3 amide bonds. The van der Waals surface area contributed by atoms with E-state index in [4.69, 9.17) is 36.2 Å². The molecule has 2 saturated heterocycles. The number of aromatic nitrogens is 12. The molecule has 0 spiro atoms. The lowest BCUT2D eigenvalue weighted by molar-refractivity contribution is 0.0694. The van der Waals surface area contributed by atoms with Gasteiger partial charge >= 0.3 is 5.97 Å². The molecule has 0 bridgehead atoms. The highest BCUT2D eigenvalue weighted by atomic mass is 16.4. The van der Waals surface area contributed by atoms with Crippen molar-refractivity contribution in [1.82, 2.24) is 89.7 Å². The van der Waals surface area contributed by atoms with Crippen LogP contribution in [0.2, 0.25) is 0 Å². The Kier molecular flexibility index (Phi) is 27.3. The van der Waals surface area contributed by atoms with Crippen molar-refractivity contribution in [2.75, 3.05) is 59.9 Å². The maximum Gasteiger partial charge on any atom is 0.336 e. The molecule has 4 N–H and O–H groups in total. The van der Waals surface area contributed by atoms with Crippen LogP contribution in [-0.4, -0.2) is 162 Å². The van der Waals surface area contributed by atoms with Crippen molar-refractivity contribution in [1.29, 1.82) is 15.8 Å². The lowest BCUT2D eigenvalue weighted by Gasteiger charge is -2.14. The van der Waals surface area contributed by atoms with Gasteiger partial charge in [0.15, 0.2) is 18.6 Å². The number of aromatic carboxylic acids is 1. The second-order valence-electron chi connectivity index (χ2n) is 29.1. The van der Waals surface area contributed by atoms with Gasteiger partial charge in [0, 0.05) is 140 Å². The highest BCUT2D eigenvalue weighted by molar-refractivity contribution is 5.98. The minimum Gasteiger partial charge on any atom is -0.478 e. The van der Waals surface area contributed by atoms with Crippen LogP contribution < -0.4 is 16.0 Å². The smallest absolute Gasteiger partial charge is 0.336 e. The number of aryl methyl sites for hydroxylation is 5. The van der Waals surface area contributed by atoms with Crippen LogP contribution in [0.1, 0.15) is 161 Å². The predicted molar refractivity (Wildman–Crippen MR) is 426 cm³/mol. The zero-order valence-electron chi connectivity index (χ0n) is 64.4. The summed E-state index contributed by atoms with van der Waals surface area (Å²) >= 11 is 0. The van der Waals surface area contributed by atoms with Crippen molar-refractivity contribution in [3.63, 3.8) is 0 Å². The molecule has 0 unspecified atom stereocenters. The SMILES string of the molecule is Cc1ccc2c(c1)c(Cc1cnccc1C(=O)NC#N)nn2CC(C)C.Cc1ccc2c(c1)c(Cc1cnccc1C(=O)NC#N)nn2CCCCN(C)C.Cc1ccc2c(c1)c(Cc1cnccc1C(=O)NC#N)nn2CCN1CCCC1.Cc1ccc2c(c1)c(Cc1cnccc1C(=O)O)nn2CCN1CCCC1. The zero-order chi connectivity index (χ0) is 78.5. The van der Waals surface area contributed by atoms with Crippen molar-refractivity contribution in [2.24, 2.45) is 5.92 Å². The fourth-order valence-electron chi connectivity index (χ4n) is 14.4. The quantitative estimate of drug-likeness (QED) is 0.0235. The fraction of sp³-hybridized carbons (Fsp3) is 0.353. The Morgan fingerprint density at radius 2 is 0.739 bits per heavy atom. The summed E-state index contributed by atoms with van der Waals surface area (Å²) in [5.41, 5.74) is 17.3. The summed E-state index contributed by atoms with van der Waals surface area (Å²) in [5.74, 6) is -1.72. The van der Waals surface area contributed by atoms with Crippen LogP contribution in [0.25, 0.3) is 43.6 Å². The van der Waals surface area contributed by atoms with Gasteiger partial charge in [-0.3, -0.25) is 69.0 Å². The van der Waals surface area contributed by atoms with Crippen LogP contribution in [0.15, 0.2) is 147 Å². The van der Waals surface area contributed by atoms with Gasteiger partial charge in [0.05, 0.1) is 63.5 Å². The van der Waals surface area contributed by atoms with Gasteiger partial charge in [0.2, 0.25) is 0 Å². The van der Waals surface area contributed by atoms with Gasteiger partial charge in [0.25, 0.3) is 17.7 Å². The van der Waals surface area contributed by atoms with Crippen LogP contribution in [0.4, 0.5) is 0 Å². The number of carbonyl (C=O) groups is 4. The first-order chi connectivity index (χ1) is 53.7. The Morgan fingerprint density at radius 1 is 0.432 bits per heavy atom. The normalized spacial score (nSPS) is 12.7. The summed E-state index contributed by atoms with van der Waals surface area (Å²) in [6.45, 7) is 23.7. The van der Waals surface area contributed by atoms with E-state index in [0.717, 1.165) is 160 Å². The fourth-order valence-corrected chi connectivity index (χ4v) is 14.4. The second kappa shape index (κ2) is 38.1. The highest BCUT2D eigenvalue weighted by Gasteiger charge is 2.23. The van der Waals surface area contributed by atoms with E-state index in [2.05, 4.69) is 193 Å². The van der Waals surface area contributed by atoms with Crippen LogP contribution in [0, 0.1) is 68.0 Å². The van der Waals surface area contributed by atoms with Gasteiger partial charge in [-0.05, 0) is 214 Å². The summed E-state index contributed by atoms with van der Waals surface area (Å²) in [7, 11) is 4.16. The molecule has 2 aliphatic heterocycles. The van der Waals surface area contributed by atoms with E-state index < -0.39 is 23.7 Å². The van der Waals surface area contributed by atoms with E-state index in [0.29, 0.717) is 53.9 Å². The molecule has 0 saturated carbocycles. The standard InChI is InChI=1S/C22H24N6O.C22H26N6O.C21H24N4O2.C20H21N5O/c1-16-4-5-21-19(12-16)20(26-28(21)11-10-27-8-2-3-9-27)13-17-14-24-7-6-18(17)22(29)25-15-23;1-16-6-7-21-19(12-16)20(26-28(21)11-5-4-10-27(2)3)13-17-14-24-9-8-18(17)22(29)25-15-23;1-15-4-5-20-18(12-15)19(13-16-14-22-7-6-17(16)21(26)27)23-25(20)11-10-24-8-2-3-9-24;1-13(2)11-25-19-5-4-14(3)8-17(19)18(24-25)9-15-10-22-7-6-16(15)20(26)23-12-21/h4-7,12,14H,2-3,8-11,13H2,1H3,(H,25,29);6-9,12,14H,4-5,10-11,13H2,1-3H3,(H,25,29);4-7,12,14H,2-3,8-11,13H2,1H3,(H,26,27);4-8,10,13H,9,11H2,1-3H3,(H,23,26). The first-order valence-corrected chi connectivity index (χ1v) is 37.7. The van der Waals surface area contributed by atoms with E-state index in [9.17, 15) is 24.3 Å². The number of likely N-dealkylation sites (tertiary alicyclic amines) is 2. The number of nitriles is 3. The zero-order valence-corrected chi connectivity index (χ0v) is 64.4. The number of amides is 3. The molecule has 26 heteroatoms. The summed E-state index contributed by atoms with van der Waals surface area (Å²) in [5, 5.41) is 66.1. The third-order valence-corrected chi connectivity index (χ3v) is 19.9. The molecule has 26 nitrogen and oxygen atoms in total. The molecule has 2 aliphatic rings. The number of hydrogen-bond donors (Lipinski definition) is 4. The number of hydrogen-bond acceptors (Lipinski definition) is 18. The number of fused-ring (bicyclic) bond motifs is 4. The van der Waals surface area contributed by atoms with Gasteiger partial charge in [-0.25, -0.2) is 4.79 Å². The molecule has 0 radical (unpaired) electrons. The van der Waals surface area contributed by atoms with Gasteiger partial charge < -0.3 is 19.8 Å². The molecular formula is C85H95N21O5. The van der Waals surface area contributed by atoms with E-state index >= 15 is 0 Å². The number of unbranched alkanes of at least 4 members (excludes halogenated alkanes) is 1. The maximum atomic E-state index is 12.2. The molecular weight excluding hydrogens is 1400 g/mol. The van der Waals surface area contributed by atoms with E-state index in [1.165, 1.54) is 61.7 Å². The van der Waals surface area contributed by atoms with Crippen molar-refractivity contribution >= 4 is 67.3 Å². The van der Waals surface area contributed by atoms with Gasteiger partial charge in [-0.2, -0.15) is 36.2 Å². The van der Waals surface area contributed by atoms with Crippen LogP contribution in [0.3, 0.4) is 0 Å². The molecule has 4 aromatic carbocycles. The highest BCUT2D eigenvalue weighted by Crippen LogP contribution is 2.30. The number of carboxylic acids is 1. The van der Waals surface area contributed by atoms with Crippen molar-refractivity contribution in [2.45, 2.75) is 132 Å². The number of nitrogens with zero attached hydrogens (tertiary/aromatic N) is 18. The molecule has 12 aromatic rings. The Hall–Kier alpha value is -12.4. The van der Waals surface area contributed by atoms with E-state index in [1.54, 1.807) is 86.2 Å². The Balaban J connectivity index is 0.000000147. The average molecular weight is 1490 g/mol. The molecule has 0 atom stereocenters. The third-order valence-electron chi connectivity index (χ3n) is 19.9. The monoisotopic (exact) mass is 1490 g/mol. The van der Waals surface area contributed by atoms with Crippen LogP contribution in [-0.2, 0) is 51.9 Å². The minimum absolute atomic E-state index is 0.289. The topological polar surface area (TPSA) is 329 Å². The van der Waals surface area contributed by atoms with Crippen LogP contribution in [0.5, 0.6) is 0 Å². The van der Waals surface area contributed by atoms with Gasteiger partial charge in [-0.15, -0.1) is 0 Å². The maximum absolute atomic E-state index is 12.2. The van der Waals surface area contributed by atoms with Crippen molar-refractivity contribution in [3.8, 4) is 18.6 Å². The summed E-state index contributed by atoms with van der Waals surface area (Å²) in [6, 6.07) is 31.8. The molecule has 570 valence electrons. The molecule has 2 fully saturated rings. The number of nitrogens with one attached hydrogen (secondary N) is 3. The number of benzene rings is 4. The molecule has 8 aromatic heterocycles. The van der Waals surface area contributed by atoms with E-state index in [1.807, 2.05) is 4.68 Å². The first-order valence-electron chi connectivity index (χ1n) is 37.7. The molecule has 0 aliphatic carbocycles. The molecule has 14 rings (SSSR count). The lowest BCUT2D eigenvalue weighted by atomic mass is 10.0. The summed E-state index contributed by atoms with van der Waals surface area (Å²) in [4.78, 5) is 71.8. The Morgan fingerprint density at radius 3 is 1.05 bits per heavy atom. The Labute approximate surface area is 646 Å². The molecule has 111 heavy (non-hydrogen) atoms. The van der Waals surface area contributed by atoms with E-state index in [-0.39, 0.29) is 5.56 Å². The number of carboxylic acid groups (broad SMARTS) is 1. The van der Waals surface area contributed by atoms with Crippen LogP contribution >= 0.6 is 0 Å². The number of rotatable bonds is 25. The number of carbonyl (C=O) groups excluding carboxylic acids is 3. The third kappa shape index (κ3) is 20.7. The van der Waals surface area contributed by atoms with Gasteiger partial charge in [0.1, 0.15) is 0 Å². The largest absolute Gasteiger partial charge is 0.478 e. The van der Waals surface area contributed by atoms with Crippen molar-refractivity contribution < 1.29 is 24.3 Å². The summed E-state index contributed by atoms with van der Waals surface area (Å²) < 4.78 is 8.23. The molecule has 10 heterocycles. The second-order valence-corrected chi connectivity index (χ2v) is 29.1. The Bertz CT molecular complexity index is 5420. The average Bonchev–Trinajstić information content (AvgIpc) is 1.67. The minimum atomic E-state index is -0.929. The first kappa shape index (κ1) is 79.6. The lowest BCUT2D eigenvalue weighted by Crippen LogP contribution is -2.24. The predicted octanol–water partition coefficient (Wildman–Crippen LogP) is 11.8. The summed E-state index contributed by atoms with van der Waals surface area (Å²) in [6.07, 6.45) is 27.1.